The third-order valence-corrected chi connectivity index (χ3v) is 11.6. The highest BCUT2D eigenvalue weighted by Gasteiger charge is 2.78. The van der Waals surface area contributed by atoms with E-state index in [9.17, 15) is 14.7 Å². The van der Waals surface area contributed by atoms with Crippen molar-refractivity contribution in [3.8, 4) is 0 Å². The van der Waals surface area contributed by atoms with Crippen LogP contribution in [-0.2, 0) is 20.7 Å². The standard InChI is InChI=1S/C33H41F2NO4/c1-4-40-29(39)32-20-36(14-8-11-21-9-6-5-7-10-21)19-22(32)15-24-25-17-27(34)26-16-23(37)12-13-30(26,2)33(25,35)28(38)18-31(24,32)3/h5-7,9-10,12-13,16,22,24-25,27-28,38H,4,8,11,14-15,17-20H2,1-3H3/t22-,24-,25-,27-,28-,30-,31-,32+,33-/m0/s1. The monoisotopic (exact) mass is 553 g/mol. The molecule has 1 N–H and O–H groups in total. The van der Waals surface area contributed by atoms with Crippen LogP contribution < -0.4 is 0 Å². The Morgan fingerprint density at radius 1 is 1.18 bits per heavy atom. The fourth-order valence-electron chi connectivity index (χ4n) is 9.79. The minimum absolute atomic E-state index is 0.0564. The molecule has 0 bridgehead atoms. The van der Waals surface area contributed by atoms with Crippen LogP contribution in [0.3, 0.4) is 0 Å². The SMILES string of the molecule is CCOC(=O)[C@@]12CN(CCCc3ccccc3)C[C@@H]1C[C@H]1[C@@H]3C[C@H](F)C4=CC(=O)C=C[C@]4(C)[C@@]3(F)[C@@H](O)C[C@@]12C. The molecule has 0 aromatic heterocycles. The summed E-state index contributed by atoms with van der Waals surface area (Å²) in [5.74, 6) is -1.74. The van der Waals surface area contributed by atoms with Crippen LogP contribution in [-0.4, -0.2) is 65.9 Å². The molecule has 1 saturated heterocycles. The summed E-state index contributed by atoms with van der Waals surface area (Å²) in [5.41, 5.74) is -3.77. The van der Waals surface area contributed by atoms with E-state index in [1.807, 2.05) is 25.1 Å². The van der Waals surface area contributed by atoms with E-state index in [-0.39, 0.29) is 48.6 Å². The number of hydrogen-bond acceptors (Lipinski definition) is 5. The van der Waals surface area contributed by atoms with E-state index >= 15 is 8.78 Å². The average Bonchev–Trinajstić information content (AvgIpc) is 3.40. The summed E-state index contributed by atoms with van der Waals surface area (Å²) >= 11 is 0. The maximum Gasteiger partial charge on any atom is 0.314 e. The Labute approximate surface area is 235 Å². The van der Waals surface area contributed by atoms with Gasteiger partial charge < -0.3 is 14.7 Å². The molecule has 5 nitrogen and oxygen atoms in total. The molecule has 40 heavy (non-hydrogen) atoms. The summed E-state index contributed by atoms with van der Waals surface area (Å²) in [7, 11) is 0. The van der Waals surface area contributed by atoms with Crippen molar-refractivity contribution < 1.29 is 28.2 Å². The first-order chi connectivity index (χ1) is 19.0. The van der Waals surface area contributed by atoms with Crippen LogP contribution in [0.1, 0.15) is 52.0 Å². The maximum atomic E-state index is 17.5. The number of carbonyl (C=O) groups is 2. The maximum absolute atomic E-state index is 17.5. The Bertz CT molecular complexity index is 1250. The first kappa shape index (κ1) is 27.8. The molecule has 6 rings (SSSR count). The Morgan fingerprint density at radius 2 is 1.93 bits per heavy atom. The number of aliphatic hydroxyl groups excluding tert-OH is 1. The molecule has 0 unspecified atom stereocenters. The predicted octanol–water partition coefficient (Wildman–Crippen LogP) is 5.03. The molecule has 1 aromatic rings. The molecule has 216 valence electrons. The fraction of sp³-hybridized carbons (Fsp3) is 0.636. The van der Waals surface area contributed by atoms with E-state index in [0.29, 0.717) is 19.5 Å². The van der Waals surface area contributed by atoms with Gasteiger partial charge in [-0.05, 0) is 93.0 Å². The molecule has 5 aliphatic rings. The Balaban J connectivity index is 1.32. The lowest BCUT2D eigenvalue weighted by Crippen LogP contribution is -2.69. The highest BCUT2D eigenvalue weighted by molar-refractivity contribution is 6.01. The van der Waals surface area contributed by atoms with Gasteiger partial charge in [-0.15, -0.1) is 0 Å². The molecule has 1 aromatic carbocycles. The quantitative estimate of drug-likeness (QED) is 0.501. The topological polar surface area (TPSA) is 66.8 Å². The molecule has 4 fully saturated rings. The Kier molecular flexibility index (Phi) is 6.66. The normalized spacial score (nSPS) is 43.9. The number of aliphatic hydroxyl groups is 1. The molecule has 0 spiro atoms. The molecule has 1 heterocycles. The number of ketones is 1. The van der Waals surface area contributed by atoms with Gasteiger partial charge in [0.1, 0.15) is 6.17 Å². The van der Waals surface area contributed by atoms with Crippen LogP contribution in [0.4, 0.5) is 8.78 Å². The minimum atomic E-state index is -2.13. The van der Waals surface area contributed by atoms with Crippen molar-refractivity contribution in [3.63, 3.8) is 0 Å². The molecule has 0 radical (unpaired) electrons. The van der Waals surface area contributed by atoms with Gasteiger partial charge in [-0.2, -0.15) is 0 Å². The first-order valence-electron chi connectivity index (χ1n) is 14.9. The number of hydrogen-bond donors (Lipinski definition) is 1. The number of rotatable bonds is 6. The lowest BCUT2D eigenvalue weighted by molar-refractivity contribution is -0.217. The number of nitrogens with zero attached hydrogens (tertiary/aromatic N) is 1. The van der Waals surface area contributed by atoms with Gasteiger partial charge in [0.25, 0.3) is 0 Å². The smallest absolute Gasteiger partial charge is 0.314 e. The van der Waals surface area contributed by atoms with Crippen LogP contribution in [0.25, 0.3) is 0 Å². The zero-order valence-electron chi connectivity index (χ0n) is 23.7. The Hall–Kier alpha value is -2.38. The average molecular weight is 554 g/mol. The molecule has 7 heteroatoms. The number of allylic oxidation sites excluding steroid dienone is 4. The van der Waals surface area contributed by atoms with Gasteiger partial charge in [-0.25, -0.2) is 8.78 Å². The number of aryl methyl sites for hydroxylation is 1. The number of carbonyl (C=O) groups excluding carboxylic acids is 2. The van der Waals surface area contributed by atoms with Gasteiger partial charge in [0.15, 0.2) is 11.5 Å². The number of alkyl halides is 2. The second-order valence-electron chi connectivity index (χ2n) is 13.3. The predicted molar refractivity (Wildman–Crippen MR) is 148 cm³/mol. The number of benzene rings is 1. The van der Waals surface area contributed by atoms with Crippen molar-refractivity contribution in [3.05, 3.63) is 59.7 Å². The summed E-state index contributed by atoms with van der Waals surface area (Å²) in [4.78, 5) is 28.4. The number of halogens is 2. The lowest BCUT2D eigenvalue weighted by Gasteiger charge is -2.63. The summed E-state index contributed by atoms with van der Waals surface area (Å²) in [6, 6.07) is 10.3. The third-order valence-electron chi connectivity index (χ3n) is 11.6. The third kappa shape index (κ3) is 3.62. The first-order valence-corrected chi connectivity index (χ1v) is 14.9. The molecule has 3 saturated carbocycles. The van der Waals surface area contributed by atoms with E-state index < -0.39 is 40.1 Å². The highest BCUT2D eigenvalue weighted by atomic mass is 19.1. The van der Waals surface area contributed by atoms with Crippen molar-refractivity contribution in [2.45, 2.75) is 70.8 Å². The van der Waals surface area contributed by atoms with Gasteiger partial charge in [0.2, 0.25) is 0 Å². The van der Waals surface area contributed by atoms with Crippen molar-refractivity contribution in [1.29, 1.82) is 0 Å². The molecule has 9 atom stereocenters. The second kappa shape index (κ2) is 9.59. The van der Waals surface area contributed by atoms with Gasteiger partial charge in [0, 0.05) is 24.4 Å². The van der Waals surface area contributed by atoms with E-state index in [1.165, 1.54) is 23.8 Å². The highest BCUT2D eigenvalue weighted by Crippen LogP contribution is 2.74. The minimum Gasteiger partial charge on any atom is -0.466 e. The second-order valence-corrected chi connectivity index (χ2v) is 13.3. The fourth-order valence-corrected chi connectivity index (χ4v) is 9.79. The molecule has 4 aliphatic carbocycles. The summed E-state index contributed by atoms with van der Waals surface area (Å²) in [6.07, 6.45) is 3.61. The number of likely N-dealkylation sites (tertiary alicyclic amines) is 1. The van der Waals surface area contributed by atoms with Crippen LogP contribution in [0, 0.1) is 34.0 Å². The zero-order chi connectivity index (χ0) is 28.5. The van der Waals surface area contributed by atoms with Gasteiger partial charge in [0.05, 0.1) is 18.1 Å². The van der Waals surface area contributed by atoms with Crippen LogP contribution >= 0.6 is 0 Å². The van der Waals surface area contributed by atoms with Crippen LogP contribution in [0.2, 0.25) is 0 Å². The van der Waals surface area contributed by atoms with Crippen molar-refractivity contribution in [2.24, 2.45) is 34.0 Å². The van der Waals surface area contributed by atoms with Gasteiger partial charge >= 0.3 is 5.97 Å². The number of fused-ring (bicyclic) bond motifs is 7. The molecule has 0 amide bonds. The number of esters is 1. The van der Waals surface area contributed by atoms with E-state index in [0.717, 1.165) is 19.4 Å². The van der Waals surface area contributed by atoms with Crippen molar-refractivity contribution in [2.75, 3.05) is 26.2 Å². The van der Waals surface area contributed by atoms with Crippen LogP contribution in [0.15, 0.2) is 54.1 Å². The summed E-state index contributed by atoms with van der Waals surface area (Å²) < 4.78 is 39.1. The van der Waals surface area contributed by atoms with Crippen LogP contribution in [0.5, 0.6) is 0 Å². The molecule has 1 aliphatic heterocycles. The van der Waals surface area contributed by atoms with E-state index in [1.54, 1.807) is 13.8 Å². The largest absolute Gasteiger partial charge is 0.466 e. The summed E-state index contributed by atoms with van der Waals surface area (Å²) in [5, 5.41) is 11.7. The van der Waals surface area contributed by atoms with E-state index in [4.69, 9.17) is 4.74 Å². The van der Waals surface area contributed by atoms with Gasteiger partial charge in [-0.3, -0.25) is 9.59 Å². The van der Waals surface area contributed by atoms with Gasteiger partial charge in [-0.1, -0.05) is 43.3 Å². The van der Waals surface area contributed by atoms with Crippen molar-refractivity contribution >= 4 is 11.8 Å². The lowest BCUT2D eigenvalue weighted by atomic mass is 9.43. The molecular weight excluding hydrogens is 512 g/mol. The molecular formula is C33H41F2NO4. The van der Waals surface area contributed by atoms with Crippen molar-refractivity contribution in [1.82, 2.24) is 4.90 Å². The number of ether oxygens (including phenoxy) is 1. The zero-order valence-corrected chi connectivity index (χ0v) is 23.7. The summed E-state index contributed by atoms with van der Waals surface area (Å²) in [6.45, 7) is 7.74. The van der Waals surface area contributed by atoms with E-state index in [2.05, 4.69) is 17.0 Å². The Morgan fingerprint density at radius 3 is 2.65 bits per heavy atom.